The van der Waals surface area contributed by atoms with E-state index < -0.39 is 0 Å². The summed E-state index contributed by atoms with van der Waals surface area (Å²) in [6.07, 6.45) is 0.490. The van der Waals surface area contributed by atoms with Crippen molar-refractivity contribution >= 4 is 33.2 Å². The lowest BCUT2D eigenvalue weighted by molar-refractivity contribution is -0.120. The molecule has 1 aromatic heterocycles. The quantitative estimate of drug-likeness (QED) is 0.872. The highest BCUT2D eigenvalue weighted by atomic mass is 79.9. The van der Waals surface area contributed by atoms with Crippen LogP contribution >= 0.6 is 27.3 Å². The highest BCUT2D eigenvalue weighted by molar-refractivity contribution is 9.11. The minimum Gasteiger partial charge on any atom is -0.356 e. The van der Waals surface area contributed by atoms with Crippen LogP contribution in [0.1, 0.15) is 11.8 Å². The molecule has 1 heterocycles. The lowest BCUT2D eigenvalue weighted by atomic mass is 10.3. The second-order valence-electron chi connectivity index (χ2n) is 2.34. The molecule has 0 unspecified atom stereocenters. The Balaban J connectivity index is 2.46. The second kappa shape index (κ2) is 4.62. The summed E-state index contributed by atoms with van der Waals surface area (Å²) in [5, 5.41) is 2.76. The first kappa shape index (κ1) is 9.74. The van der Waals surface area contributed by atoms with Crippen LogP contribution in [0.4, 0.5) is 0 Å². The van der Waals surface area contributed by atoms with Crippen LogP contribution in [0, 0.1) is 0 Å². The molecule has 0 fully saturated rings. The smallest absolute Gasteiger partial charge is 0.225 e. The van der Waals surface area contributed by atoms with Gasteiger partial charge in [0.2, 0.25) is 5.91 Å². The largest absolute Gasteiger partial charge is 0.356 e. The highest BCUT2D eigenvalue weighted by Gasteiger charge is 2.03. The van der Waals surface area contributed by atoms with E-state index in [2.05, 4.69) is 21.2 Å². The first-order chi connectivity index (χ1) is 5.72. The van der Waals surface area contributed by atoms with Crippen LogP contribution in [0.3, 0.4) is 0 Å². The number of hydrogen-bond donors (Lipinski definition) is 1. The predicted octanol–water partition coefficient (Wildman–Crippen LogP) is 2.19. The van der Waals surface area contributed by atoms with Crippen molar-refractivity contribution in [1.29, 1.82) is 0 Å². The average molecular weight is 248 g/mol. The Kier molecular flexibility index (Phi) is 3.75. The van der Waals surface area contributed by atoms with Crippen LogP contribution in [0.2, 0.25) is 0 Å². The van der Waals surface area contributed by atoms with E-state index in [-0.39, 0.29) is 5.91 Å². The molecule has 0 spiro atoms. The first-order valence-electron chi connectivity index (χ1n) is 3.73. The molecule has 1 amide bonds. The molecule has 0 aromatic carbocycles. The van der Waals surface area contributed by atoms with Crippen molar-refractivity contribution in [1.82, 2.24) is 5.32 Å². The number of carbonyl (C=O) groups is 1. The van der Waals surface area contributed by atoms with Gasteiger partial charge >= 0.3 is 0 Å². The standard InChI is InChI=1S/C8H10BrNOS/c1-2-10-8(11)5-6-3-4-7(9)12-6/h3-4H,2,5H2,1H3,(H,10,11). The summed E-state index contributed by atoms with van der Waals surface area (Å²) in [5.41, 5.74) is 0. The molecule has 4 heteroatoms. The summed E-state index contributed by atoms with van der Waals surface area (Å²) in [7, 11) is 0. The molecule has 0 atom stereocenters. The van der Waals surface area contributed by atoms with E-state index in [4.69, 9.17) is 0 Å². The van der Waals surface area contributed by atoms with Crippen LogP contribution in [-0.2, 0) is 11.2 Å². The van der Waals surface area contributed by atoms with Crippen molar-refractivity contribution in [2.75, 3.05) is 6.54 Å². The van der Waals surface area contributed by atoms with Gasteiger partial charge in [0.15, 0.2) is 0 Å². The monoisotopic (exact) mass is 247 g/mol. The molecule has 0 aliphatic carbocycles. The van der Waals surface area contributed by atoms with Crippen molar-refractivity contribution in [3.8, 4) is 0 Å². The summed E-state index contributed by atoms with van der Waals surface area (Å²) in [6.45, 7) is 2.62. The molecule has 0 bridgehead atoms. The van der Waals surface area contributed by atoms with E-state index in [9.17, 15) is 4.79 Å². The number of carbonyl (C=O) groups excluding carboxylic acids is 1. The van der Waals surface area contributed by atoms with E-state index in [0.29, 0.717) is 13.0 Å². The molecule has 0 radical (unpaired) electrons. The molecule has 0 saturated heterocycles. The van der Waals surface area contributed by atoms with Gasteiger partial charge in [-0.15, -0.1) is 11.3 Å². The third-order valence-electron chi connectivity index (χ3n) is 1.34. The first-order valence-corrected chi connectivity index (χ1v) is 5.34. The van der Waals surface area contributed by atoms with Crippen molar-refractivity contribution < 1.29 is 4.79 Å². The third-order valence-corrected chi connectivity index (χ3v) is 2.96. The average Bonchev–Trinajstić information content (AvgIpc) is 2.36. The Morgan fingerprint density at radius 1 is 1.67 bits per heavy atom. The van der Waals surface area contributed by atoms with Crippen molar-refractivity contribution in [3.05, 3.63) is 20.8 Å². The van der Waals surface area contributed by atoms with Gasteiger partial charge in [0.05, 0.1) is 10.2 Å². The number of hydrogen-bond acceptors (Lipinski definition) is 2. The van der Waals surface area contributed by atoms with Crippen LogP contribution in [-0.4, -0.2) is 12.5 Å². The molecule has 1 aromatic rings. The van der Waals surface area contributed by atoms with Crippen LogP contribution < -0.4 is 5.32 Å². The molecule has 0 aliphatic rings. The fourth-order valence-electron chi connectivity index (χ4n) is 0.865. The number of nitrogens with one attached hydrogen (secondary N) is 1. The van der Waals surface area contributed by atoms with Gasteiger partial charge in [-0.1, -0.05) is 0 Å². The lowest BCUT2D eigenvalue weighted by Crippen LogP contribution is -2.23. The Morgan fingerprint density at radius 3 is 2.92 bits per heavy atom. The van der Waals surface area contributed by atoms with Gasteiger partial charge in [0.1, 0.15) is 0 Å². The summed E-state index contributed by atoms with van der Waals surface area (Å²) in [6, 6.07) is 3.92. The molecule has 1 N–H and O–H groups in total. The maximum absolute atomic E-state index is 11.1. The zero-order chi connectivity index (χ0) is 8.97. The third kappa shape index (κ3) is 2.95. The van der Waals surface area contributed by atoms with E-state index in [1.54, 1.807) is 11.3 Å². The minimum absolute atomic E-state index is 0.0897. The highest BCUT2D eigenvalue weighted by Crippen LogP contribution is 2.22. The fourth-order valence-corrected chi connectivity index (χ4v) is 2.35. The number of likely N-dealkylation sites (N-methyl/N-ethyl adjacent to an activating group) is 1. The Bertz CT molecular complexity index is 272. The van der Waals surface area contributed by atoms with Gasteiger partial charge in [0, 0.05) is 11.4 Å². The van der Waals surface area contributed by atoms with Crippen molar-refractivity contribution in [3.63, 3.8) is 0 Å². The molecule has 1 rings (SSSR count). The Labute approximate surface area is 84.1 Å². The Hall–Kier alpha value is -0.350. The molecular formula is C8H10BrNOS. The van der Waals surface area contributed by atoms with E-state index >= 15 is 0 Å². The molecular weight excluding hydrogens is 238 g/mol. The van der Waals surface area contributed by atoms with Crippen LogP contribution in [0.5, 0.6) is 0 Å². The van der Waals surface area contributed by atoms with Gasteiger partial charge in [-0.3, -0.25) is 4.79 Å². The maximum atomic E-state index is 11.1. The van der Waals surface area contributed by atoms with Crippen molar-refractivity contribution in [2.45, 2.75) is 13.3 Å². The van der Waals surface area contributed by atoms with Crippen molar-refractivity contribution in [2.24, 2.45) is 0 Å². The summed E-state index contributed by atoms with van der Waals surface area (Å²) < 4.78 is 1.07. The minimum atomic E-state index is 0.0897. The number of amides is 1. The van der Waals surface area contributed by atoms with E-state index in [1.165, 1.54) is 0 Å². The van der Waals surface area contributed by atoms with E-state index in [1.807, 2.05) is 19.1 Å². The fraction of sp³-hybridized carbons (Fsp3) is 0.375. The lowest BCUT2D eigenvalue weighted by Gasteiger charge is -1.98. The van der Waals surface area contributed by atoms with Gasteiger partial charge in [-0.05, 0) is 35.0 Å². The van der Waals surface area contributed by atoms with Gasteiger partial charge in [0.25, 0.3) is 0 Å². The van der Waals surface area contributed by atoms with E-state index in [0.717, 1.165) is 8.66 Å². The molecule has 0 saturated carbocycles. The topological polar surface area (TPSA) is 29.1 Å². The molecule has 2 nitrogen and oxygen atoms in total. The second-order valence-corrected chi connectivity index (χ2v) is 4.88. The predicted molar refractivity (Wildman–Crippen MR) is 54.4 cm³/mol. The van der Waals surface area contributed by atoms with Gasteiger partial charge in [-0.2, -0.15) is 0 Å². The zero-order valence-electron chi connectivity index (χ0n) is 6.76. The summed E-state index contributed by atoms with van der Waals surface area (Å²) in [4.78, 5) is 12.2. The van der Waals surface area contributed by atoms with Gasteiger partial charge in [-0.25, -0.2) is 0 Å². The normalized spacial score (nSPS) is 9.83. The van der Waals surface area contributed by atoms with Crippen LogP contribution in [0.25, 0.3) is 0 Å². The SMILES string of the molecule is CCNC(=O)Cc1ccc(Br)s1. The van der Waals surface area contributed by atoms with Gasteiger partial charge < -0.3 is 5.32 Å². The zero-order valence-corrected chi connectivity index (χ0v) is 9.17. The van der Waals surface area contributed by atoms with Crippen LogP contribution in [0.15, 0.2) is 15.9 Å². The number of thiophene rings is 1. The molecule has 0 aliphatic heterocycles. The maximum Gasteiger partial charge on any atom is 0.225 e. The number of halogens is 1. The Morgan fingerprint density at radius 2 is 2.42 bits per heavy atom. The summed E-state index contributed by atoms with van der Waals surface area (Å²) >= 11 is 4.95. The number of rotatable bonds is 3. The molecule has 66 valence electrons. The molecule has 12 heavy (non-hydrogen) atoms. The summed E-state index contributed by atoms with van der Waals surface area (Å²) in [5.74, 6) is 0.0897.